The molecule has 3 N–H and O–H groups in total. The Bertz CT molecular complexity index is 540. The van der Waals surface area contributed by atoms with Crippen molar-refractivity contribution in [2.45, 2.75) is 200 Å². The SMILES string of the molecule is CCCCCCCCCCCCCC(O)C(=O)NC(CC)C(O)CCCCCCCCCC1CC1CCC. The van der Waals surface area contributed by atoms with Crippen LogP contribution in [0.5, 0.6) is 0 Å². The molecule has 1 aliphatic rings. The number of aliphatic hydroxyl groups excluding tert-OH is 2. The van der Waals surface area contributed by atoms with E-state index in [2.05, 4.69) is 19.2 Å². The van der Waals surface area contributed by atoms with Gasteiger partial charge in [0, 0.05) is 0 Å². The summed E-state index contributed by atoms with van der Waals surface area (Å²) in [6, 6.07) is -0.256. The molecule has 1 fully saturated rings. The third-order valence-corrected chi connectivity index (χ3v) is 8.92. The highest BCUT2D eigenvalue weighted by molar-refractivity contribution is 5.80. The van der Waals surface area contributed by atoms with Gasteiger partial charge in [-0.05, 0) is 37.5 Å². The number of aliphatic hydroxyl groups is 2. The second-order valence-electron chi connectivity index (χ2n) is 12.5. The van der Waals surface area contributed by atoms with Crippen LogP contribution in [0.15, 0.2) is 0 Å². The van der Waals surface area contributed by atoms with Crippen LogP contribution in [0.4, 0.5) is 0 Å². The number of rotatable bonds is 28. The van der Waals surface area contributed by atoms with Crippen molar-refractivity contribution in [2.24, 2.45) is 11.8 Å². The summed E-state index contributed by atoms with van der Waals surface area (Å²) in [5.74, 6) is 1.80. The maximum atomic E-state index is 12.5. The molecule has 0 aromatic heterocycles. The summed E-state index contributed by atoms with van der Waals surface area (Å²) < 4.78 is 0. The molecule has 1 rings (SSSR count). The zero-order chi connectivity index (χ0) is 27.8. The molecule has 1 saturated carbocycles. The van der Waals surface area contributed by atoms with Crippen LogP contribution in [0, 0.1) is 11.8 Å². The van der Waals surface area contributed by atoms with Crippen LogP contribution in [0.2, 0.25) is 0 Å². The van der Waals surface area contributed by atoms with Gasteiger partial charge in [-0.25, -0.2) is 0 Å². The van der Waals surface area contributed by atoms with E-state index in [9.17, 15) is 15.0 Å². The van der Waals surface area contributed by atoms with Crippen LogP contribution in [-0.2, 0) is 4.79 Å². The smallest absolute Gasteiger partial charge is 0.249 e. The average Bonchev–Trinajstić information content (AvgIpc) is 3.66. The lowest BCUT2D eigenvalue weighted by Crippen LogP contribution is -2.47. The minimum absolute atomic E-state index is 0.256. The first-order valence-electron chi connectivity index (χ1n) is 17.2. The summed E-state index contributed by atoms with van der Waals surface area (Å²) in [4.78, 5) is 12.5. The van der Waals surface area contributed by atoms with Gasteiger partial charge in [0.25, 0.3) is 0 Å². The van der Waals surface area contributed by atoms with E-state index in [0.717, 1.165) is 43.9 Å². The van der Waals surface area contributed by atoms with E-state index in [0.29, 0.717) is 12.8 Å². The number of nitrogens with one attached hydrogen (secondary N) is 1. The molecular weight excluding hydrogens is 470 g/mol. The molecule has 0 bridgehead atoms. The lowest BCUT2D eigenvalue weighted by Gasteiger charge is -2.24. The molecule has 5 unspecified atom stereocenters. The van der Waals surface area contributed by atoms with Crippen molar-refractivity contribution in [3.63, 3.8) is 0 Å². The Labute approximate surface area is 237 Å². The van der Waals surface area contributed by atoms with Gasteiger partial charge in [-0.2, -0.15) is 0 Å². The second-order valence-corrected chi connectivity index (χ2v) is 12.5. The van der Waals surface area contributed by atoms with Gasteiger partial charge in [0.15, 0.2) is 0 Å². The molecule has 38 heavy (non-hydrogen) atoms. The molecule has 226 valence electrons. The van der Waals surface area contributed by atoms with Crippen molar-refractivity contribution in [3.05, 3.63) is 0 Å². The van der Waals surface area contributed by atoms with Crippen LogP contribution >= 0.6 is 0 Å². The molecule has 4 heteroatoms. The van der Waals surface area contributed by atoms with Crippen LogP contribution < -0.4 is 5.32 Å². The van der Waals surface area contributed by atoms with Gasteiger partial charge in [-0.3, -0.25) is 4.79 Å². The van der Waals surface area contributed by atoms with E-state index in [-0.39, 0.29) is 11.9 Å². The zero-order valence-electron chi connectivity index (χ0n) is 25.9. The van der Waals surface area contributed by atoms with Crippen molar-refractivity contribution < 1.29 is 15.0 Å². The van der Waals surface area contributed by atoms with Gasteiger partial charge < -0.3 is 15.5 Å². The van der Waals surface area contributed by atoms with Crippen LogP contribution in [0.1, 0.15) is 181 Å². The standard InChI is InChI=1S/C34H67NO3/c1-4-7-8-9-10-11-12-13-16-20-23-27-33(37)34(38)35-31(6-3)32(36)26-22-19-17-14-15-18-21-25-30-28-29(30)24-5-2/h29-33,36-37H,4-28H2,1-3H3,(H,35,38). The Morgan fingerprint density at radius 2 is 1.11 bits per heavy atom. The maximum absolute atomic E-state index is 12.5. The average molecular weight is 538 g/mol. The van der Waals surface area contributed by atoms with E-state index in [1.165, 1.54) is 116 Å². The number of carbonyl (C=O) groups excluding carboxylic acids is 1. The van der Waals surface area contributed by atoms with Crippen LogP contribution in [-0.4, -0.2) is 34.4 Å². The number of hydrogen-bond donors (Lipinski definition) is 3. The molecule has 4 nitrogen and oxygen atoms in total. The quantitative estimate of drug-likeness (QED) is 0.0871. The molecule has 1 amide bonds. The predicted molar refractivity (Wildman–Crippen MR) is 163 cm³/mol. The number of hydrogen-bond acceptors (Lipinski definition) is 3. The normalized spacial score (nSPS) is 19.3. The third kappa shape index (κ3) is 18.6. The second kappa shape index (κ2) is 24.2. The van der Waals surface area contributed by atoms with Gasteiger partial charge in [0.05, 0.1) is 12.1 Å². The Balaban J connectivity index is 1.97. The molecule has 0 radical (unpaired) electrons. The van der Waals surface area contributed by atoms with Gasteiger partial charge in [-0.1, -0.05) is 156 Å². The van der Waals surface area contributed by atoms with Crippen LogP contribution in [0.3, 0.4) is 0 Å². The van der Waals surface area contributed by atoms with E-state index in [1.807, 2.05) is 6.92 Å². The van der Waals surface area contributed by atoms with Gasteiger partial charge in [-0.15, -0.1) is 0 Å². The highest BCUT2D eigenvalue weighted by atomic mass is 16.3. The summed E-state index contributed by atoms with van der Waals surface area (Å²) in [7, 11) is 0. The lowest BCUT2D eigenvalue weighted by atomic mass is 9.99. The Morgan fingerprint density at radius 1 is 0.632 bits per heavy atom. The Kier molecular flexibility index (Phi) is 22.6. The van der Waals surface area contributed by atoms with E-state index in [1.54, 1.807) is 0 Å². The molecule has 0 aromatic rings. The first-order chi connectivity index (χ1) is 18.5. The van der Waals surface area contributed by atoms with Crippen molar-refractivity contribution in [1.29, 1.82) is 0 Å². The van der Waals surface area contributed by atoms with Gasteiger partial charge >= 0.3 is 0 Å². The largest absolute Gasteiger partial charge is 0.391 e. The number of amides is 1. The Morgan fingerprint density at radius 3 is 1.63 bits per heavy atom. The van der Waals surface area contributed by atoms with Gasteiger partial charge in [0.2, 0.25) is 5.91 Å². The molecule has 0 aromatic carbocycles. The summed E-state index contributed by atoms with van der Waals surface area (Å²) in [6.45, 7) is 6.56. The zero-order valence-corrected chi connectivity index (χ0v) is 25.9. The lowest BCUT2D eigenvalue weighted by molar-refractivity contribution is -0.131. The fourth-order valence-corrected chi connectivity index (χ4v) is 6.12. The number of unbranched alkanes of at least 4 members (excludes halogenated alkanes) is 16. The van der Waals surface area contributed by atoms with E-state index < -0.39 is 12.2 Å². The molecule has 0 spiro atoms. The van der Waals surface area contributed by atoms with E-state index in [4.69, 9.17) is 0 Å². The predicted octanol–water partition coefficient (Wildman–Crippen LogP) is 9.25. The fraction of sp³-hybridized carbons (Fsp3) is 0.971. The topological polar surface area (TPSA) is 69.6 Å². The first-order valence-corrected chi connectivity index (χ1v) is 17.2. The molecule has 5 atom stereocenters. The molecule has 0 aliphatic heterocycles. The minimum atomic E-state index is -0.952. The van der Waals surface area contributed by atoms with E-state index >= 15 is 0 Å². The molecular formula is C34H67NO3. The van der Waals surface area contributed by atoms with Crippen LogP contribution in [0.25, 0.3) is 0 Å². The molecule has 1 aliphatic carbocycles. The van der Waals surface area contributed by atoms with Gasteiger partial charge in [0.1, 0.15) is 6.10 Å². The highest BCUT2D eigenvalue weighted by Crippen LogP contribution is 2.45. The van der Waals surface area contributed by atoms with Crippen molar-refractivity contribution in [3.8, 4) is 0 Å². The monoisotopic (exact) mass is 538 g/mol. The summed E-state index contributed by atoms with van der Waals surface area (Å²) >= 11 is 0. The molecule has 0 heterocycles. The summed E-state index contributed by atoms with van der Waals surface area (Å²) in [5, 5.41) is 23.8. The number of carbonyl (C=O) groups is 1. The third-order valence-electron chi connectivity index (χ3n) is 8.92. The summed E-state index contributed by atoms with van der Waals surface area (Å²) in [6.07, 6.45) is 29.0. The first kappa shape index (κ1) is 35.4. The fourth-order valence-electron chi connectivity index (χ4n) is 6.12. The molecule has 0 saturated heterocycles. The minimum Gasteiger partial charge on any atom is -0.391 e. The Hall–Kier alpha value is -0.610. The highest BCUT2D eigenvalue weighted by Gasteiger charge is 2.34. The van der Waals surface area contributed by atoms with Crippen molar-refractivity contribution in [1.82, 2.24) is 5.32 Å². The van der Waals surface area contributed by atoms with Crippen molar-refractivity contribution in [2.75, 3.05) is 0 Å². The summed E-state index contributed by atoms with van der Waals surface area (Å²) in [5.41, 5.74) is 0. The maximum Gasteiger partial charge on any atom is 0.249 e. The van der Waals surface area contributed by atoms with Crippen molar-refractivity contribution >= 4 is 5.91 Å².